The number of thioether (sulfide) groups is 1. The second kappa shape index (κ2) is 12.1. The normalized spacial score (nSPS) is 14.0. The monoisotopic (exact) mass is 611 g/mol. The van der Waals surface area contributed by atoms with Crippen molar-refractivity contribution in [1.82, 2.24) is 4.90 Å². The molecule has 3 amide bonds. The van der Waals surface area contributed by atoms with Gasteiger partial charge in [-0.15, -0.1) is 0 Å². The van der Waals surface area contributed by atoms with Gasteiger partial charge in [-0.2, -0.15) is 0 Å². The van der Waals surface area contributed by atoms with E-state index in [1.54, 1.807) is 42.5 Å². The van der Waals surface area contributed by atoms with Crippen LogP contribution in [0.5, 0.6) is 11.5 Å². The van der Waals surface area contributed by atoms with Gasteiger partial charge < -0.3 is 14.8 Å². The van der Waals surface area contributed by atoms with Crippen LogP contribution in [0.15, 0.2) is 70.0 Å². The number of carbonyl (C=O) groups excluding carboxylic acids is 3. The van der Waals surface area contributed by atoms with Gasteiger partial charge >= 0.3 is 0 Å². The Labute approximate surface area is 236 Å². The molecule has 1 aliphatic rings. The zero-order chi connectivity index (χ0) is 28.1. The number of rotatable bonds is 9. The van der Waals surface area contributed by atoms with E-state index in [0.29, 0.717) is 32.8 Å². The minimum absolute atomic E-state index is 0.0406. The van der Waals surface area contributed by atoms with Gasteiger partial charge in [-0.25, -0.2) is 0 Å². The number of anilines is 1. The molecule has 0 aliphatic carbocycles. The van der Waals surface area contributed by atoms with Gasteiger partial charge in [0.1, 0.15) is 13.2 Å². The Balaban J connectivity index is 1.47. The van der Waals surface area contributed by atoms with Gasteiger partial charge in [-0.1, -0.05) is 40.2 Å². The van der Waals surface area contributed by atoms with Gasteiger partial charge in [0.2, 0.25) is 5.91 Å². The van der Waals surface area contributed by atoms with Crippen molar-refractivity contribution in [1.29, 1.82) is 0 Å². The van der Waals surface area contributed by atoms with E-state index in [-0.39, 0.29) is 17.2 Å². The van der Waals surface area contributed by atoms with Crippen molar-refractivity contribution < 1.29 is 28.8 Å². The lowest BCUT2D eigenvalue weighted by Crippen LogP contribution is -2.36. The van der Waals surface area contributed by atoms with Crippen LogP contribution in [-0.4, -0.2) is 40.5 Å². The Kier molecular flexibility index (Phi) is 8.67. The summed E-state index contributed by atoms with van der Waals surface area (Å²) >= 11 is 4.19. The molecule has 12 heteroatoms. The summed E-state index contributed by atoms with van der Waals surface area (Å²) < 4.78 is 11.8. The first-order valence-electron chi connectivity index (χ1n) is 11.5. The number of ether oxygens (including phenoxy) is 2. The molecule has 1 heterocycles. The Hall–Kier alpha value is -4.16. The number of hydrogen-bond acceptors (Lipinski definition) is 8. The van der Waals surface area contributed by atoms with Gasteiger partial charge in [0.05, 0.1) is 16.9 Å². The molecule has 1 saturated heterocycles. The van der Waals surface area contributed by atoms with E-state index in [4.69, 9.17) is 9.47 Å². The van der Waals surface area contributed by atoms with Crippen molar-refractivity contribution in [2.45, 2.75) is 13.5 Å². The fourth-order valence-electron chi connectivity index (χ4n) is 3.70. The zero-order valence-corrected chi connectivity index (χ0v) is 23.2. The van der Waals surface area contributed by atoms with Gasteiger partial charge in [-0.05, 0) is 65.7 Å². The number of non-ortho nitro benzene ring substituents is 1. The molecule has 3 aromatic rings. The summed E-state index contributed by atoms with van der Waals surface area (Å²) in [6, 6.07) is 16.6. The van der Waals surface area contributed by atoms with Crippen molar-refractivity contribution in [3.63, 3.8) is 0 Å². The maximum Gasteiger partial charge on any atom is 0.294 e. The van der Waals surface area contributed by atoms with Crippen LogP contribution in [0.4, 0.5) is 16.2 Å². The molecule has 0 bridgehead atoms. The SMILES string of the molecule is COc1cc(/C=C2\SC(=O)N(CC(=O)Nc3cccc(C)c3)C2=O)c(Br)cc1OCc1cccc([N+](=O)[O-])c1. The number of imide groups is 1. The van der Waals surface area contributed by atoms with Crippen LogP contribution in [0.2, 0.25) is 0 Å². The van der Waals surface area contributed by atoms with Crippen molar-refractivity contribution >= 4 is 62.2 Å². The molecule has 0 saturated carbocycles. The maximum absolute atomic E-state index is 12.9. The highest BCUT2D eigenvalue weighted by Gasteiger charge is 2.36. The van der Waals surface area contributed by atoms with Crippen LogP contribution in [0.25, 0.3) is 6.08 Å². The molecule has 1 N–H and O–H groups in total. The molecule has 3 aromatic carbocycles. The third-order valence-corrected chi connectivity index (χ3v) is 7.16. The van der Waals surface area contributed by atoms with E-state index in [0.717, 1.165) is 22.2 Å². The highest BCUT2D eigenvalue weighted by atomic mass is 79.9. The average molecular weight is 612 g/mol. The average Bonchev–Trinajstić information content (AvgIpc) is 3.16. The number of benzene rings is 3. The Morgan fingerprint density at radius 2 is 1.90 bits per heavy atom. The van der Waals surface area contributed by atoms with Crippen LogP contribution >= 0.6 is 27.7 Å². The number of nitro benzene ring substituents is 1. The fourth-order valence-corrected chi connectivity index (χ4v) is 4.97. The standard InChI is InChI=1S/C27H22BrN3O7S/c1-16-5-3-7-19(9-16)29-25(32)14-30-26(33)24(39-27(30)34)12-18-11-22(37-2)23(13-21(18)28)38-15-17-6-4-8-20(10-17)31(35)36/h3-13H,14-15H2,1-2H3,(H,29,32)/b24-12-. The minimum atomic E-state index is -0.582. The lowest BCUT2D eigenvalue weighted by atomic mass is 10.1. The molecule has 1 fully saturated rings. The van der Waals surface area contributed by atoms with Crippen LogP contribution in [0.3, 0.4) is 0 Å². The number of amides is 3. The lowest BCUT2D eigenvalue weighted by Gasteiger charge is -2.13. The van der Waals surface area contributed by atoms with Crippen molar-refractivity contribution in [2.75, 3.05) is 19.0 Å². The summed E-state index contributed by atoms with van der Waals surface area (Å²) in [6.45, 7) is 1.54. The van der Waals surface area contributed by atoms with E-state index < -0.39 is 28.5 Å². The molecule has 0 aromatic heterocycles. The molecule has 4 rings (SSSR count). The molecular formula is C27H22BrN3O7S. The minimum Gasteiger partial charge on any atom is -0.493 e. The Morgan fingerprint density at radius 1 is 1.13 bits per heavy atom. The largest absolute Gasteiger partial charge is 0.493 e. The Morgan fingerprint density at radius 3 is 2.62 bits per heavy atom. The first-order chi connectivity index (χ1) is 18.6. The molecule has 10 nitrogen and oxygen atoms in total. The van der Waals surface area contributed by atoms with Crippen LogP contribution in [0.1, 0.15) is 16.7 Å². The summed E-state index contributed by atoms with van der Waals surface area (Å²) in [4.78, 5) is 49.5. The molecule has 39 heavy (non-hydrogen) atoms. The van der Waals surface area contributed by atoms with E-state index in [1.807, 2.05) is 13.0 Å². The maximum atomic E-state index is 12.9. The van der Waals surface area contributed by atoms with Crippen molar-refractivity contribution in [2.24, 2.45) is 0 Å². The number of aryl methyl sites for hydroxylation is 1. The van der Waals surface area contributed by atoms with Crippen LogP contribution in [0, 0.1) is 17.0 Å². The first kappa shape index (κ1) is 27.9. The fraction of sp³-hybridized carbons (Fsp3) is 0.148. The zero-order valence-electron chi connectivity index (χ0n) is 20.8. The van der Waals surface area contributed by atoms with Gasteiger partial charge in [0.15, 0.2) is 11.5 Å². The topological polar surface area (TPSA) is 128 Å². The van der Waals surface area contributed by atoms with E-state index >= 15 is 0 Å². The van der Waals surface area contributed by atoms with Crippen LogP contribution in [-0.2, 0) is 16.2 Å². The second-order valence-electron chi connectivity index (χ2n) is 8.43. The summed E-state index contributed by atoms with van der Waals surface area (Å²) in [5, 5.41) is 13.2. The molecule has 0 unspecified atom stereocenters. The number of nitrogens with one attached hydrogen (secondary N) is 1. The van der Waals surface area contributed by atoms with Gasteiger partial charge in [0.25, 0.3) is 16.8 Å². The van der Waals surface area contributed by atoms with Gasteiger partial charge in [-0.3, -0.25) is 29.4 Å². The number of methoxy groups -OCH3 is 1. The predicted molar refractivity (Wildman–Crippen MR) is 151 cm³/mol. The number of carbonyl (C=O) groups is 3. The molecule has 1 aliphatic heterocycles. The number of nitro groups is 1. The highest BCUT2D eigenvalue weighted by Crippen LogP contribution is 2.38. The molecule has 0 radical (unpaired) electrons. The summed E-state index contributed by atoms with van der Waals surface area (Å²) in [6.07, 6.45) is 1.53. The third-order valence-electron chi connectivity index (χ3n) is 5.56. The summed E-state index contributed by atoms with van der Waals surface area (Å²) in [5.74, 6) is -0.348. The molecular weight excluding hydrogens is 590 g/mol. The second-order valence-corrected chi connectivity index (χ2v) is 10.3. The lowest BCUT2D eigenvalue weighted by molar-refractivity contribution is -0.384. The van der Waals surface area contributed by atoms with E-state index in [9.17, 15) is 24.5 Å². The first-order valence-corrected chi connectivity index (χ1v) is 13.1. The molecule has 0 atom stereocenters. The number of hydrogen-bond donors (Lipinski definition) is 1. The molecule has 200 valence electrons. The molecule has 0 spiro atoms. The number of nitrogens with zero attached hydrogens (tertiary/aromatic N) is 2. The quantitative estimate of drug-likeness (QED) is 0.179. The Bertz CT molecular complexity index is 1510. The van der Waals surface area contributed by atoms with E-state index in [2.05, 4.69) is 21.2 Å². The summed E-state index contributed by atoms with van der Waals surface area (Å²) in [5.41, 5.74) is 2.65. The van der Waals surface area contributed by atoms with Crippen molar-refractivity contribution in [3.05, 3.63) is 96.8 Å². The van der Waals surface area contributed by atoms with E-state index in [1.165, 1.54) is 25.3 Å². The smallest absolute Gasteiger partial charge is 0.294 e. The van der Waals surface area contributed by atoms with Crippen LogP contribution < -0.4 is 14.8 Å². The summed E-state index contributed by atoms with van der Waals surface area (Å²) in [7, 11) is 1.45. The third kappa shape index (κ3) is 6.84. The predicted octanol–water partition coefficient (Wildman–Crippen LogP) is 5.93. The van der Waals surface area contributed by atoms with Crippen molar-refractivity contribution in [3.8, 4) is 11.5 Å². The highest BCUT2D eigenvalue weighted by molar-refractivity contribution is 9.10. The number of halogens is 1. The van der Waals surface area contributed by atoms with Gasteiger partial charge in [0, 0.05) is 22.3 Å².